The minimum Gasteiger partial charge on any atom is -0.488 e. The fraction of sp³-hybridized carbons (Fsp3) is 0.118. The number of benzene rings is 2. The third-order valence-corrected chi connectivity index (χ3v) is 3.09. The second-order valence-corrected chi connectivity index (χ2v) is 5.07. The van der Waals surface area contributed by atoms with Crippen molar-refractivity contribution in [3.05, 3.63) is 70.3 Å². The Morgan fingerprint density at radius 1 is 1.29 bits per heavy atom. The molecule has 0 bridgehead atoms. The Morgan fingerprint density at radius 3 is 2.81 bits per heavy atom. The molecule has 4 heteroatoms. The lowest BCUT2D eigenvalue weighted by Crippen LogP contribution is -1.97. The number of ether oxygens (including phenoxy) is 1. The van der Waals surface area contributed by atoms with Crippen LogP contribution in [-0.4, -0.2) is 11.1 Å². The average Bonchev–Trinajstić information content (AvgIpc) is 2.44. The van der Waals surface area contributed by atoms with Crippen LogP contribution in [0.3, 0.4) is 0 Å². The maximum Gasteiger partial charge on any atom is 0.328 e. The largest absolute Gasteiger partial charge is 0.488 e. The third kappa shape index (κ3) is 4.65. The van der Waals surface area contributed by atoms with Gasteiger partial charge in [-0.3, -0.25) is 0 Å². The fourth-order valence-corrected chi connectivity index (χ4v) is 2.09. The molecule has 0 saturated carbocycles. The van der Waals surface area contributed by atoms with E-state index in [0.29, 0.717) is 22.9 Å². The summed E-state index contributed by atoms with van der Waals surface area (Å²) in [5.41, 5.74) is 2.86. The van der Waals surface area contributed by atoms with Gasteiger partial charge in [0.2, 0.25) is 0 Å². The molecule has 3 nitrogen and oxygen atoms in total. The summed E-state index contributed by atoms with van der Waals surface area (Å²) < 4.78 is 5.76. The highest BCUT2D eigenvalue weighted by Gasteiger charge is 2.04. The first-order valence-corrected chi connectivity index (χ1v) is 6.81. The van der Waals surface area contributed by atoms with E-state index >= 15 is 0 Å². The summed E-state index contributed by atoms with van der Waals surface area (Å²) in [7, 11) is 0. The van der Waals surface area contributed by atoms with E-state index < -0.39 is 5.97 Å². The third-order valence-electron chi connectivity index (χ3n) is 2.85. The fourth-order valence-electron chi connectivity index (χ4n) is 1.91. The van der Waals surface area contributed by atoms with Crippen LogP contribution in [0.5, 0.6) is 5.75 Å². The van der Waals surface area contributed by atoms with Gasteiger partial charge >= 0.3 is 5.97 Å². The van der Waals surface area contributed by atoms with Gasteiger partial charge in [-0.2, -0.15) is 0 Å². The smallest absolute Gasteiger partial charge is 0.328 e. The standard InChI is InChI=1S/C17H15ClO3/c1-12-3-2-4-13(9-12)11-21-16-7-6-15(18)10-14(16)5-8-17(19)20/h2-10H,11H2,1H3,(H,19,20)/b8-5+. The maximum atomic E-state index is 10.6. The van der Waals surface area contributed by atoms with Crippen molar-refractivity contribution in [3.8, 4) is 5.75 Å². The molecule has 0 amide bonds. The van der Waals surface area contributed by atoms with E-state index in [-0.39, 0.29) is 0 Å². The van der Waals surface area contributed by atoms with Crippen molar-refractivity contribution in [1.82, 2.24) is 0 Å². The van der Waals surface area contributed by atoms with Crippen LogP contribution < -0.4 is 4.74 Å². The first-order chi connectivity index (χ1) is 10.0. The van der Waals surface area contributed by atoms with E-state index in [1.54, 1.807) is 18.2 Å². The predicted molar refractivity (Wildman–Crippen MR) is 83.6 cm³/mol. The van der Waals surface area contributed by atoms with Crippen molar-refractivity contribution in [1.29, 1.82) is 0 Å². The van der Waals surface area contributed by atoms with Crippen LogP contribution in [0.25, 0.3) is 6.08 Å². The Hall–Kier alpha value is -2.26. The molecule has 0 radical (unpaired) electrons. The van der Waals surface area contributed by atoms with E-state index in [9.17, 15) is 4.79 Å². The molecule has 2 rings (SSSR count). The molecule has 0 aliphatic carbocycles. The number of aliphatic carboxylic acids is 1. The van der Waals surface area contributed by atoms with Crippen molar-refractivity contribution in [2.75, 3.05) is 0 Å². The van der Waals surface area contributed by atoms with E-state index in [1.165, 1.54) is 11.6 Å². The van der Waals surface area contributed by atoms with Gasteiger partial charge in [0.15, 0.2) is 0 Å². The number of carboxylic acid groups (broad SMARTS) is 1. The monoisotopic (exact) mass is 302 g/mol. The average molecular weight is 303 g/mol. The summed E-state index contributed by atoms with van der Waals surface area (Å²) in [4.78, 5) is 10.6. The second-order valence-electron chi connectivity index (χ2n) is 4.63. The van der Waals surface area contributed by atoms with Gasteiger partial charge in [0, 0.05) is 16.7 Å². The first-order valence-electron chi connectivity index (χ1n) is 6.43. The van der Waals surface area contributed by atoms with Crippen molar-refractivity contribution in [2.24, 2.45) is 0 Å². The lowest BCUT2D eigenvalue weighted by Gasteiger charge is -2.10. The topological polar surface area (TPSA) is 46.5 Å². The lowest BCUT2D eigenvalue weighted by atomic mass is 10.1. The Morgan fingerprint density at radius 2 is 2.10 bits per heavy atom. The highest BCUT2D eigenvalue weighted by Crippen LogP contribution is 2.25. The van der Waals surface area contributed by atoms with Crippen molar-refractivity contribution >= 4 is 23.6 Å². The van der Waals surface area contributed by atoms with Gasteiger partial charge in [-0.15, -0.1) is 0 Å². The molecule has 0 saturated heterocycles. The number of hydrogen-bond acceptors (Lipinski definition) is 2. The number of hydrogen-bond donors (Lipinski definition) is 1. The SMILES string of the molecule is Cc1cccc(COc2ccc(Cl)cc2/C=C/C(=O)O)c1. The highest BCUT2D eigenvalue weighted by atomic mass is 35.5. The number of carboxylic acids is 1. The normalized spacial score (nSPS) is 10.8. The van der Waals surface area contributed by atoms with Crippen LogP contribution in [-0.2, 0) is 11.4 Å². The Kier molecular flexibility index (Phi) is 5.01. The molecule has 0 fully saturated rings. The molecule has 2 aromatic carbocycles. The zero-order valence-electron chi connectivity index (χ0n) is 11.5. The Bertz CT molecular complexity index is 677. The molecule has 108 valence electrons. The molecule has 0 spiro atoms. The Labute approximate surface area is 128 Å². The van der Waals surface area contributed by atoms with Crippen molar-refractivity contribution < 1.29 is 14.6 Å². The van der Waals surface area contributed by atoms with Crippen molar-refractivity contribution in [3.63, 3.8) is 0 Å². The minimum atomic E-state index is -1.01. The number of rotatable bonds is 5. The van der Waals surface area contributed by atoms with Gasteiger partial charge in [0.1, 0.15) is 12.4 Å². The highest BCUT2D eigenvalue weighted by molar-refractivity contribution is 6.30. The van der Waals surface area contributed by atoms with Crippen LogP contribution >= 0.6 is 11.6 Å². The molecule has 2 aromatic rings. The molecule has 0 unspecified atom stereocenters. The van der Waals surface area contributed by atoms with Crippen LogP contribution in [0.2, 0.25) is 5.02 Å². The first kappa shape index (κ1) is 15.1. The van der Waals surface area contributed by atoms with Crippen LogP contribution in [0, 0.1) is 6.92 Å². The number of halogens is 1. The van der Waals surface area contributed by atoms with E-state index in [4.69, 9.17) is 21.4 Å². The molecule has 1 N–H and O–H groups in total. The van der Waals surface area contributed by atoms with Gasteiger partial charge in [-0.25, -0.2) is 4.79 Å². The quantitative estimate of drug-likeness (QED) is 0.836. The van der Waals surface area contributed by atoms with E-state index in [2.05, 4.69) is 0 Å². The lowest BCUT2D eigenvalue weighted by molar-refractivity contribution is -0.131. The Balaban J connectivity index is 2.17. The van der Waals surface area contributed by atoms with Crippen molar-refractivity contribution in [2.45, 2.75) is 13.5 Å². The summed E-state index contributed by atoms with van der Waals surface area (Å²) in [6, 6.07) is 13.1. The zero-order valence-corrected chi connectivity index (χ0v) is 12.3. The summed E-state index contributed by atoms with van der Waals surface area (Å²) >= 11 is 5.93. The summed E-state index contributed by atoms with van der Waals surface area (Å²) in [6.45, 7) is 2.43. The van der Waals surface area contributed by atoms with Gasteiger partial charge < -0.3 is 9.84 Å². The summed E-state index contributed by atoms with van der Waals surface area (Å²) in [6.07, 6.45) is 2.53. The number of aryl methyl sites for hydroxylation is 1. The number of carbonyl (C=O) groups is 1. The van der Waals surface area contributed by atoms with Gasteiger partial charge in [0.05, 0.1) is 0 Å². The van der Waals surface area contributed by atoms with Crippen LogP contribution in [0.1, 0.15) is 16.7 Å². The molecule has 0 aromatic heterocycles. The second kappa shape index (κ2) is 6.95. The molecular weight excluding hydrogens is 288 g/mol. The molecule has 0 heterocycles. The maximum absolute atomic E-state index is 10.6. The van der Waals surface area contributed by atoms with Crippen LogP contribution in [0.4, 0.5) is 0 Å². The van der Waals surface area contributed by atoms with Gasteiger partial charge in [0.25, 0.3) is 0 Å². The summed E-state index contributed by atoms with van der Waals surface area (Å²) in [5.74, 6) is -0.419. The minimum absolute atomic E-state index is 0.414. The van der Waals surface area contributed by atoms with Gasteiger partial charge in [-0.05, 0) is 36.8 Å². The zero-order chi connectivity index (χ0) is 15.2. The molecule has 0 aliphatic heterocycles. The summed E-state index contributed by atoms with van der Waals surface area (Å²) in [5, 5.41) is 9.24. The molecule has 0 atom stereocenters. The molecule has 21 heavy (non-hydrogen) atoms. The molecular formula is C17H15ClO3. The van der Waals surface area contributed by atoms with E-state index in [0.717, 1.165) is 11.6 Å². The van der Waals surface area contributed by atoms with E-state index in [1.807, 2.05) is 31.2 Å². The van der Waals surface area contributed by atoms with Crippen LogP contribution in [0.15, 0.2) is 48.5 Å². The molecule has 0 aliphatic rings. The van der Waals surface area contributed by atoms with Gasteiger partial charge in [-0.1, -0.05) is 41.4 Å². The predicted octanol–water partition coefficient (Wildman–Crippen LogP) is 4.33.